The van der Waals surface area contributed by atoms with Gasteiger partial charge in [0, 0.05) is 19.4 Å². The molecule has 0 bridgehead atoms. The zero-order chi connectivity index (χ0) is 13.6. The van der Waals surface area contributed by atoms with E-state index in [1.807, 2.05) is 0 Å². The Bertz CT molecular complexity index is 451. The molecule has 2 fully saturated rings. The second-order valence-corrected chi connectivity index (χ2v) is 6.48. The first-order valence-electron chi connectivity index (χ1n) is 7.85. The third kappa shape index (κ3) is 2.15. The first-order valence-corrected chi connectivity index (χ1v) is 7.85. The minimum atomic E-state index is -0.378. The van der Waals surface area contributed by atoms with E-state index in [1.165, 1.54) is 17.6 Å². The third-order valence-corrected chi connectivity index (χ3v) is 5.27. The summed E-state index contributed by atoms with van der Waals surface area (Å²) in [6.45, 7) is 2.33. The second kappa shape index (κ2) is 4.95. The highest BCUT2D eigenvalue weighted by Crippen LogP contribution is 2.45. The zero-order valence-corrected chi connectivity index (χ0v) is 11.8. The summed E-state index contributed by atoms with van der Waals surface area (Å²) in [5.74, 6) is 0.771. The number of allylic oxidation sites excluding steroid dienone is 1. The third-order valence-electron chi connectivity index (χ3n) is 5.27. The van der Waals surface area contributed by atoms with Gasteiger partial charge in [-0.2, -0.15) is 0 Å². The summed E-state index contributed by atoms with van der Waals surface area (Å²) >= 11 is 0. The molecule has 20 heavy (non-hydrogen) atoms. The van der Waals surface area contributed by atoms with Gasteiger partial charge in [0.15, 0.2) is 5.79 Å². The number of aliphatic hydroxyl groups is 1. The summed E-state index contributed by atoms with van der Waals surface area (Å²) in [5, 5.41) is 13.0. The molecule has 4 aliphatic rings. The number of ether oxygens (including phenoxy) is 2. The first-order chi connectivity index (χ1) is 9.76. The van der Waals surface area contributed by atoms with Gasteiger partial charge in [-0.25, -0.2) is 0 Å². The van der Waals surface area contributed by atoms with Gasteiger partial charge in [0.1, 0.15) is 6.23 Å². The number of nitrogens with one attached hydrogen (secondary N) is 1. The molecule has 0 aromatic heterocycles. The lowest BCUT2D eigenvalue weighted by Crippen LogP contribution is -2.45. The molecular weight excluding hydrogens is 254 g/mol. The Labute approximate surface area is 119 Å². The summed E-state index contributed by atoms with van der Waals surface area (Å²) in [4.78, 5) is 0. The van der Waals surface area contributed by atoms with Crippen molar-refractivity contribution in [3.05, 3.63) is 23.3 Å². The van der Waals surface area contributed by atoms with Crippen molar-refractivity contribution in [1.29, 1.82) is 0 Å². The van der Waals surface area contributed by atoms with Gasteiger partial charge in [0.2, 0.25) is 0 Å². The molecule has 4 rings (SSSR count). The maximum atomic E-state index is 9.82. The molecule has 2 heterocycles. The molecule has 2 N–H and O–H groups in total. The lowest BCUT2D eigenvalue weighted by atomic mass is 9.74. The molecule has 3 atom stereocenters. The molecular formula is C16H23NO3. The van der Waals surface area contributed by atoms with Crippen LogP contribution in [0.4, 0.5) is 0 Å². The van der Waals surface area contributed by atoms with Crippen LogP contribution in [-0.4, -0.2) is 36.9 Å². The Morgan fingerprint density at radius 2 is 2.10 bits per heavy atom. The van der Waals surface area contributed by atoms with Crippen LogP contribution in [0.5, 0.6) is 0 Å². The van der Waals surface area contributed by atoms with Gasteiger partial charge in [-0.1, -0.05) is 12.2 Å². The lowest BCUT2D eigenvalue weighted by Gasteiger charge is -2.39. The molecule has 2 aliphatic carbocycles. The molecule has 4 heteroatoms. The predicted octanol–water partition coefficient (Wildman–Crippen LogP) is 1.71. The van der Waals surface area contributed by atoms with E-state index in [0.29, 0.717) is 11.8 Å². The summed E-state index contributed by atoms with van der Waals surface area (Å²) in [6, 6.07) is 0. The van der Waals surface area contributed by atoms with Crippen molar-refractivity contribution in [2.75, 3.05) is 19.8 Å². The molecule has 0 saturated carbocycles. The van der Waals surface area contributed by atoms with Crippen molar-refractivity contribution in [2.45, 2.75) is 44.1 Å². The van der Waals surface area contributed by atoms with Gasteiger partial charge in [-0.15, -0.1) is 0 Å². The second-order valence-electron chi connectivity index (χ2n) is 6.48. The topological polar surface area (TPSA) is 50.7 Å². The average Bonchev–Trinajstić information content (AvgIpc) is 2.80. The summed E-state index contributed by atoms with van der Waals surface area (Å²) in [6.07, 6.45) is 9.31. The Balaban J connectivity index is 1.62. The number of rotatable bonds is 0. The Morgan fingerprint density at radius 3 is 2.95 bits per heavy atom. The Morgan fingerprint density at radius 1 is 1.25 bits per heavy atom. The van der Waals surface area contributed by atoms with Crippen molar-refractivity contribution in [2.24, 2.45) is 11.8 Å². The van der Waals surface area contributed by atoms with E-state index in [0.717, 1.165) is 45.4 Å². The van der Waals surface area contributed by atoms with Crippen LogP contribution in [0.3, 0.4) is 0 Å². The first kappa shape index (κ1) is 13.0. The summed E-state index contributed by atoms with van der Waals surface area (Å²) < 4.78 is 11.7. The fraction of sp³-hybridized carbons (Fsp3) is 0.750. The van der Waals surface area contributed by atoms with Gasteiger partial charge in [0.05, 0.1) is 13.2 Å². The molecule has 0 amide bonds. The van der Waals surface area contributed by atoms with Crippen molar-refractivity contribution in [1.82, 2.24) is 5.32 Å². The normalized spacial score (nSPS) is 39.5. The molecule has 0 aromatic rings. The number of hydrogen-bond acceptors (Lipinski definition) is 4. The van der Waals surface area contributed by atoms with Crippen LogP contribution in [0.1, 0.15) is 32.1 Å². The van der Waals surface area contributed by atoms with Crippen molar-refractivity contribution in [3.63, 3.8) is 0 Å². The molecule has 0 aromatic carbocycles. The minimum absolute atomic E-state index is 0.324. The highest BCUT2D eigenvalue weighted by Gasteiger charge is 2.43. The van der Waals surface area contributed by atoms with Crippen molar-refractivity contribution >= 4 is 0 Å². The fourth-order valence-electron chi connectivity index (χ4n) is 4.28. The molecule has 2 saturated heterocycles. The molecule has 2 aliphatic heterocycles. The van der Waals surface area contributed by atoms with Gasteiger partial charge < -0.3 is 14.6 Å². The Kier molecular flexibility index (Phi) is 3.22. The van der Waals surface area contributed by atoms with E-state index in [2.05, 4.69) is 17.5 Å². The highest BCUT2D eigenvalue weighted by molar-refractivity contribution is 5.39. The van der Waals surface area contributed by atoms with Gasteiger partial charge in [-0.3, -0.25) is 5.32 Å². The van der Waals surface area contributed by atoms with E-state index in [1.54, 1.807) is 0 Å². The quantitative estimate of drug-likeness (QED) is 0.708. The van der Waals surface area contributed by atoms with Crippen LogP contribution in [0, 0.1) is 11.8 Å². The lowest BCUT2D eigenvalue weighted by molar-refractivity contribution is -0.154. The fourth-order valence-corrected chi connectivity index (χ4v) is 4.28. The number of piperidine rings is 1. The average molecular weight is 277 g/mol. The van der Waals surface area contributed by atoms with E-state index < -0.39 is 0 Å². The highest BCUT2D eigenvalue weighted by atomic mass is 16.7. The largest absolute Gasteiger partial charge is 0.379 e. The number of fused-ring (bicyclic) bond motifs is 3. The number of hydrogen-bond donors (Lipinski definition) is 2. The van der Waals surface area contributed by atoms with Crippen LogP contribution in [0.25, 0.3) is 0 Å². The van der Waals surface area contributed by atoms with E-state index in [-0.39, 0.29) is 12.0 Å². The predicted molar refractivity (Wildman–Crippen MR) is 74.9 cm³/mol. The van der Waals surface area contributed by atoms with Crippen LogP contribution in [-0.2, 0) is 9.47 Å². The SMILES string of the molecule is OC1CC2CCC=C3CC4(CC=C3C2CN1)OCCO4. The molecule has 3 unspecified atom stereocenters. The molecule has 1 spiro atoms. The monoisotopic (exact) mass is 277 g/mol. The molecule has 110 valence electrons. The van der Waals surface area contributed by atoms with Gasteiger partial charge in [0.25, 0.3) is 0 Å². The zero-order valence-electron chi connectivity index (χ0n) is 11.8. The van der Waals surface area contributed by atoms with Crippen LogP contribution in [0.2, 0.25) is 0 Å². The summed E-state index contributed by atoms with van der Waals surface area (Å²) in [5.41, 5.74) is 2.90. The van der Waals surface area contributed by atoms with E-state index >= 15 is 0 Å². The Hall–Kier alpha value is -0.680. The van der Waals surface area contributed by atoms with Crippen LogP contribution < -0.4 is 5.32 Å². The number of aliphatic hydroxyl groups excluding tert-OH is 1. The minimum Gasteiger partial charge on any atom is -0.379 e. The molecule has 4 nitrogen and oxygen atoms in total. The van der Waals surface area contributed by atoms with Crippen LogP contribution >= 0.6 is 0 Å². The van der Waals surface area contributed by atoms with Crippen molar-refractivity contribution < 1.29 is 14.6 Å². The van der Waals surface area contributed by atoms with E-state index in [4.69, 9.17) is 9.47 Å². The van der Waals surface area contributed by atoms with E-state index in [9.17, 15) is 5.11 Å². The summed E-state index contributed by atoms with van der Waals surface area (Å²) in [7, 11) is 0. The maximum absolute atomic E-state index is 9.82. The standard InChI is InChI=1S/C16H23NO3/c18-15-8-11-2-1-3-12-9-16(19-6-7-20-16)5-4-13(12)14(11)10-17-15/h3-4,11,14-15,17-18H,1-2,5-10H2. The van der Waals surface area contributed by atoms with Crippen LogP contribution in [0.15, 0.2) is 23.3 Å². The molecule has 0 radical (unpaired) electrons. The van der Waals surface area contributed by atoms with Crippen molar-refractivity contribution in [3.8, 4) is 0 Å². The maximum Gasteiger partial charge on any atom is 0.175 e. The van der Waals surface area contributed by atoms with Gasteiger partial charge >= 0.3 is 0 Å². The van der Waals surface area contributed by atoms with Gasteiger partial charge in [-0.05, 0) is 42.2 Å². The smallest absolute Gasteiger partial charge is 0.175 e.